The molecule has 0 saturated heterocycles. The minimum Gasteiger partial charge on any atom is -0.256 e. The summed E-state index contributed by atoms with van der Waals surface area (Å²) in [6, 6.07) is 26.4. The zero-order chi connectivity index (χ0) is 37.4. The molecule has 0 aliphatic carbocycles. The normalized spacial score (nSPS) is 11.3. The van der Waals surface area contributed by atoms with Gasteiger partial charge in [0.15, 0.2) is 0 Å². The molecule has 0 atom stereocenters. The van der Waals surface area contributed by atoms with Crippen molar-refractivity contribution in [2.45, 2.75) is 18.5 Å². The van der Waals surface area contributed by atoms with E-state index in [2.05, 4.69) is 15.0 Å². The third-order valence-corrected chi connectivity index (χ3v) is 7.69. The standard InChI is InChI=1S/3C12H7ClF3N.Ir/c3*13-10-5-4-8(7-9(10)12(14,15)16)11-3-1-2-6-17-11;/h3*1-7H;/q;;;+3. The monoisotopic (exact) mass is 964 g/mol. The molecule has 3 heterocycles. The van der Waals surface area contributed by atoms with Crippen molar-refractivity contribution in [1.82, 2.24) is 15.0 Å². The van der Waals surface area contributed by atoms with E-state index >= 15 is 0 Å². The van der Waals surface area contributed by atoms with Crippen molar-refractivity contribution in [3.05, 3.63) is 160 Å². The molecule has 0 unspecified atom stereocenters. The number of alkyl halides is 9. The van der Waals surface area contributed by atoms with Crippen molar-refractivity contribution >= 4 is 34.8 Å². The van der Waals surface area contributed by atoms with E-state index in [-0.39, 0.29) is 35.2 Å². The van der Waals surface area contributed by atoms with Crippen LogP contribution < -0.4 is 0 Å². The van der Waals surface area contributed by atoms with Gasteiger partial charge >= 0.3 is 38.6 Å². The van der Waals surface area contributed by atoms with Gasteiger partial charge < -0.3 is 0 Å². The Kier molecular flexibility index (Phi) is 14.8. The topological polar surface area (TPSA) is 38.7 Å². The van der Waals surface area contributed by atoms with Gasteiger partial charge in [0.25, 0.3) is 0 Å². The molecule has 16 heteroatoms. The largest absolute Gasteiger partial charge is 3.00 e. The van der Waals surface area contributed by atoms with Crippen LogP contribution >= 0.6 is 34.8 Å². The van der Waals surface area contributed by atoms with Crippen LogP contribution in [0.3, 0.4) is 0 Å². The SMILES string of the molecule is FC(F)(F)c1cc(-c2ccccn2)ccc1Cl.FC(F)(F)c1cc(-c2ccccn2)ccc1Cl.FC(F)(F)c1cc(-c2ccccn2)ccc1Cl.[Ir+3]. The summed E-state index contributed by atoms with van der Waals surface area (Å²) in [5.41, 5.74) is 0.0814. The molecule has 0 saturated carbocycles. The smallest absolute Gasteiger partial charge is 0.256 e. The van der Waals surface area contributed by atoms with Crippen molar-refractivity contribution in [1.29, 1.82) is 0 Å². The Morgan fingerprint density at radius 3 is 0.808 bits per heavy atom. The van der Waals surface area contributed by atoms with E-state index in [1.54, 1.807) is 54.6 Å². The van der Waals surface area contributed by atoms with E-state index in [0.29, 0.717) is 33.8 Å². The summed E-state index contributed by atoms with van der Waals surface area (Å²) in [4.78, 5) is 12.0. The van der Waals surface area contributed by atoms with Crippen molar-refractivity contribution < 1.29 is 59.6 Å². The molecule has 270 valence electrons. The number of halogens is 12. The quantitative estimate of drug-likeness (QED) is 0.166. The second kappa shape index (κ2) is 18.2. The maximum atomic E-state index is 12.6. The van der Waals surface area contributed by atoms with E-state index in [1.807, 2.05) is 0 Å². The summed E-state index contributed by atoms with van der Waals surface area (Å²) in [5.74, 6) is 0. The molecule has 6 aromatic rings. The van der Waals surface area contributed by atoms with E-state index in [1.165, 1.54) is 55.0 Å². The molecule has 0 aliphatic rings. The predicted octanol–water partition coefficient (Wildman–Crippen LogP) is 13.3. The summed E-state index contributed by atoms with van der Waals surface area (Å²) in [6.07, 6.45) is -8.79. The van der Waals surface area contributed by atoms with Crippen LogP contribution in [0.25, 0.3) is 33.8 Å². The molecule has 0 N–H and O–H groups in total. The zero-order valence-corrected chi connectivity index (χ0v) is 30.5. The number of hydrogen-bond donors (Lipinski definition) is 0. The Morgan fingerprint density at radius 1 is 0.365 bits per heavy atom. The van der Waals surface area contributed by atoms with Crippen LogP contribution in [0.4, 0.5) is 39.5 Å². The van der Waals surface area contributed by atoms with Crippen LogP contribution in [0.2, 0.25) is 15.1 Å². The molecule has 3 aromatic heterocycles. The Hall–Kier alpha value is -4.00. The van der Waals surface area contributed by atoms with E-state index in [0.717, 1.165) is 18.2 Å². The molecule has 0 radical (unpaired) electrons. The Labute approximate surface area is 319 Å². The summed E-state index contributed by atoms with van der Waals surface area (Å²) in [7, 11) is 0. The second-order valence-corrected chi connectivity index (χ2v) is 11.4. The maximum Gasteiger partial charge on any atom is 3.00 e. The van der Waals surface area contributed by atoms with Crippen LogP contribution in [0.15, 0.2) is 128 Å². The first-order valence-electron chi connectivity index (χ1n) is 14.3. The van der Waals surface area contributed by atoms with Crippen LogP contribution in [-0.2, 0) is 38.6 Å². The fourth-order valence-electron chi connectivity index (χ4n) is 4.31. The van der Waals surface area contributed by atoms with Crippen molar-refractivity contribution in [3.63, 3.8) is 0 Å². The summed E-state index contributed by atoms with van der Waals surface area (Å²) in [6.45, 7) is 0. The molecule has 0 spiro atoms. The molecular formula is C36H21Cl3F9IrN3+3. The van der Waals surface area contributed by atoms with Gasteiger partial charge in [0.05, 0.1) is 48.8 Å². The molecule has 0 aliphatic heterocycles. The molecule has 6 rings (SSSR count). The number of pyridine rings is 3. The minimum absolute atomic E-state index is 0. The Balaban J connectivity index is 0.000000208. The van der Waals surface area contributed by atoms with Crippen LogP contribution in [0.1, 0.15) is 16.7 Å². The summed E-state index contributed by atoms with van der Waals surface area (Å²) in [5, 5.41) is -0.924. The fraction of sp³-hybridized carbons (Fsp3) is 0.0833. The average molecular weight is 965 g/mol. The van der Waals surface area contributed by atoms with Crippen LogP contribution in [-0.4, -0.2) is 15.0 Å². The number of hydrogen-bond acceptors (Lipinski definition) is 3. The van der Waals surface area contributed by atoms with Gasteiger partial charge in [-0.15, -0.1) is 0 Å². The number of rotatable bonds is 3. The van der Waals surface area contributed by atoms with Gasteiger partial charge in [0.2, 0.25) is 0 Å². The zero-order valence-electron chi connectivity index (χ0n) is 25.8. The fourth-order valence-corrected chi connectivity index (χ4v) is 4.98. The van der Waals surface area contributed by atoms with Gasteiger partial charge in [-0.25, -0.2) is 0 Å². The van der Waals surface area contributed by atoms with Gasteiger partial charge in [0, 0.05) is 35.3 Å². The predicted molar refractivity (Wildman–Crippen MR) is 179 cm³/mol. The number of benzene rings is 3. The average Bonchev–Trinajstić information content (AvgIpc) is 3.09. The molecule has 3 aromatic carbocycles. The number of aromatic nitrogens is 3. The van der Waals surface area contributed by atoms with Gasteiger partial charge in [-0.05, 0) is 72.8 Å². The van der Waals surface area contributed by atoms with Crippen molar-refractivity contribution in [3.8, 4) is 33.8 Å². The summed E-state index contributed by atoms with van der Waals surface area (Å²) < 4.78 is 114. The maximum absolute atomic E-state index is 12.6. The van der Waals surface area contributed by atoms with Gasteiger partial charge in [-0.3, -0.25) is 15.0 Å². The molecule has 52 heavy (non-hydrogen) atoms. The minimum atomic E-state index is -4.46. The van der Waals surface area contributed by atoms with Gasteiger partial charge in [0.1, 0.15) is 0 Å². The summed E-state index contributed by atoms with van der Waals surface area (Å²) >= 11 is 16.6. The van der Waals surface area contributed by atoms with Crippen molar-refractivity contribution in [2.75, 3.05) is 0 Å². The van der Waals surface area contributed by atoms with E-state index in [4.69, 9.17) is 34.8 Å². The van der Waals surface area contributed by atoms with Crippen LogP contribution in [0, 0.1) is 0 Å². The van der Waals surface area contributed by atoms with Crippen molar-refractivity contribution in [2.24, 2.45) is 0 Å². The molecule has 0 fully saturated rings. The Bertz CT molecular complexity index is 1810. The van der Waals surface area contributed by atoms with Gasteiger partial charge in [-0.1, -0.05) is 71.2 Å². The first kappa shape index (κ1) is 42.4. The first-order chi connectivity index (χ1) is 23.9. The third kappa shape index (κ3) is 11.8. The molecular weight excluding hydrogens is 944 g/mol. The third-order valence-electron chi connectivity index (χ3n) is 6.70. The first-order valence-corrected chi connectivity index (χ1v) is 15.4. The second-order valence-electron chi connectivity index (χ2n) is 10.2. The Morgan fingerprint density at radius 2 is 0.615 bits per heavy atom. The number of nitrogens with zero attached hydrogens (tertiary/aromatic N) is 3. The van der Waals surface area contributed by atoms with E-state index in [9.17, 15) is 39.5 Å². The molecule has 0 bridgehead atoms. The van der Waals surface area contributed by atoms with Gasteiger partial charge in [-0.2, -0.15) is 39.5 Å². The van der Waals surface area contributed by atoms with E-state index < -0.39 is 35.2 Å². The van der Waals surface area contributed by atoms with Crippen LogP contribution in [0.5, 0.6) is 0 Å². The molecule has 3 nitrogen and oxygen atoms in total. The molecule has 0 amide bonds.